The number of unbranched alkanes of at least 4 members (excludes halogenated alkanes) is 1. The van der Waals surface area contributed by atoms with Gasteiger partial charge in [-0.05, 0) is 31.0 Å². The Balaban J connectivity index is 2.96. The van der Waals surface area contributed by atoms with Crippen LogP contribution in [0.25, 0.3) is 0 Å². The van der Waals surface area contributed by atoms with E-state index >= 15 is 0 Å². The van der Waals surface area contributed by atoms with E-state index in [9.17, 15) is 14.7 Å². The minimum atomic E-state index is -1.03. The number of hydrogen-bond acceptors (Lipinski definition) is 3. The van der Waals surface area contributed by atoms with Gasteiger partial charge in [-0.3, -0.25) is 4.79 Å². The summed E-state index contributed by atoms with van der Waals surface area (Å²) in [7, 11) is 1.94. The second kappa shape index (κ2) is 8.29. The number of anilines is 2. The minimum Gasteiger partial charge on any atom is -0.478 e. The van der Waals surface area contributed by atoms with Gasteiger partial charge in [-0.25, -0.2) is 4.79 Å². The van der Waals surface area contributed by atoms with E-state index in [-0.39, 0.29) is 11.5 Å². The first kappa shape index (κ1) is 17.0. The Kier molecular flexibility index (Phi) is 6.72. The van der Waals surface area contributed by atoms with E-state index in [4.69, 9.17) is 0 Å². The molecule has 0 aliphatic heterocycles. The molecule has 0 saturated heterocycles. The van der Waals surface area contributed by atoms with Crippen LogP contribution in [0.3, 0.4) is 0 Å². The molecular formula is C16H24N2O3. The van der Waals surface area contributed by atoms with Crippen LogP contribution in [0.15, 0.2) is 18.2 Å². The van der Waals surface area contributed by atoms with Crippen LogP contribution >= 0.6 is 0 Å². The molecule has 116 valence electrons. The average molecular weight is 292 g/mol. The maximum atomic E-state index is 11.6. The van der Waals surface area contributed by atoms with E-state index < -0.39 is 5.97 Å². The van der Waals surface area contributed by atoms with E-state index in [0.29, 0.717) is 12.1 Å². The fourth-order valence-electron chi connectivity index (χ4n) is 2.02. The van der Waals surface area contributed by atoms with Crippen LogP contribution in [0, 0.1) is 0 Å². The lowest BCUT2D eigenvalue weighted by molar-refractivity contribution is -0.116. The fourth-order valence-corrected chi connectivity index (χ4v) is 2.02. The third-order valence-corrected chi connectivity index (χ3v) is 3.27. The average Bonchev–Trinajstić information content (AvgIpc) is 2.45. The quantitative estimate of drug-likeness (QED) is 0.771. The number of nitrogens with zero attached hydrogens (tertiary/aromatic N) is 1. The van der Waals surface area contributed by atoms with Crippen molar-refractivity contribution in [2.75, 3.05) is 23.8 Å². The van der Waals surface area contributed by atoms with Crippen molar-refractivity contribution in [3.63, 3.8) is 0 Å². The van der Waals surface area contributed by atoms with Gasteiger partial charge < -0.3 is 15.3 Å². The van der Waals surface area contributed by atoms with Gasteiger partial charge in [0.15, 0.2) is 0 Å². The molecule has 1 amide bonds. The summed E-state index contributed by atoms with van der Waals surface area (Å²) in [6.45, 7) is 4.89. The van der Waals surface area contributed by atoms with Crippen LogP contribution in [0.5, 0.6) is 0 Å². The molecule has 21 heavy (non-hydrogen) atoms. The van der Waals surface area contributed by atoms with Crippen molar-refractivity contribution in [1.82, 2.24) is 0 Å². The maximum Gasteiger partial charge on any atom is 0.337 e. The SMILES string of the molecule is CCCCN(C)c1ccc(NC(=O)CCC)c(C(=O)O)c1. The van der Waals surface area contributed by atoms with Crippen molar-refractivity contribution in [2.45, 2.75) is 39.5 Å². The van der Waals surface area contributed by atoms with Crippen molar-refractivity contribution in [3.8, 4) is 0 Å². The molecular weight excluding hydrogens is 268 g/mol. The zero-order chi connectivity index (χ0) is 15.8. The van der Waals surface area contributed by atoms with Crippen molar-refractivity contribution >= 4 is 23.3 Å². The number of aromatic carboxylic acids is 1. The summed E-state index contributed by atoms with van der Waals surface area (Å²) in [5.74, 6) is -1.19. The van der Waals surface area contributed by atoms with E-state index in [1.165, 1.54) is 0 Å². The Morgan fingerprint density at radius 1 is 1.24 bits per heavy atom. The molecule has 1 aromatic carbocycles. The van der Waals surface area contributed by atoms with Gasteiger partial charge in [0.25, 0.3) is 0 Å². The molecule has 0 aromatic heterocycles. The molecule has 0 aliphatic carbocycles. The number of hydrogen-bond donors (Lipinski definition) is 2. The van der Waals surface area contributed by atoms with Gasteiger partial charge in [0, 0.05) is 25.7 Å². The molecule has 0 atom stereocenters. The van der Waals surface area contributed by atoms with E-state index in [2.05, 4.69) is 12.2 Å². The third kappa shape index (κ3) is 5.10. The Morgan fingerprint density at radius 2 is 1.95 bits per heavy atom. The van der Waals surface area contributed by atoms with Crippen LogP contribution in [0.2, 0.25) is 0 Å². The Morgan fingerprint density at radius 3 is 2.52 bits per heavy atom. The lowest BCUT2D eigenvalue weighted by atomic mass is 10.1. The second-order valence-electron chi connectivity index (χ2n) is 5.11. The summed E-state index contributed by atoms with van der Waals surface area (Å²) >= 11 is 0. The zero-order valence-electron chi connectivity index (χ0n) is 13.0. The molecule has 2 N–H and O–H groups in total. The maximum absolute atomic E-state index is 11.6. The topological polar surface area (TPSA) is 69.6 Å². The Bertz CT molecular complexity index is 500. The molecule has 0 spiro atoms. The highest BCUT2D eigenvalue weighted by molar-refractivity contribution is 6.01. The van der Waals surface area contributed by atoms with E-state index in [1.807, 2.05) is 24.9 Å². The van der Waals surface area contributed by atoms with Crippen molar-refractivity contribution in [2.24, 2.45) is 0 Å². The molecule has 0 aliphatic rings. The first-order chi connectivity index (χ1) is 9.99. The Hall–Kier alpha value is -2.04. The molecule has 0 unspecified atom stereocenters. The molecule has 0 heterocycles. The number of nitrogens with one attached hydrogen (secondary N) is 1. The van der Waals surface area contributed by atoms with Crippen LogP contribution < -0.4 is 10.2 Å². The van der Waals surface area contributed by atoms with Crippen molar-refractivity contribution in [1.29, 1.82) is 0 Å². The molecule has 0 radical (unpaired) electrons. The molecule has 5 heteroatoms. The molecule has 0 bridgehead atoms. The third-order valence-electron chi connectivity index (χ3n) is 3.27. The van der Waals surface area contributed by atoms with Gasteiger partial charge in [-0.15, -0.1) is 0 Å². The molecule has 0 fully saturated rings. The molecule has 1 aromatic rings. The monoisotopic (exact) mass is 292 g/mol. The van der Waals surface area contributed by atoms with Crippen LogP contribution in [0.1, 0.15) is 49.9 Å². The van der Waals surface area contributed by atoms with E-state index in [0.717, 1.165) is 31.5 Å². The fraction of sp³-hybridized carbons (Fsp3) is 0.500. The summed E-state index contributed by atoms with van der Waals surface area (Å²) in [5.41, 5.74) is 1.32. The molecule has 1 rings (SSSR count). The first-order valence-corrected chi connectivity index (χ1v) is 7.37. The molecule has 5 nitrogen and oxygen atoms in total. The van der Waals surface area contributed by atoms with Gasteiger partial charge in [-0.2, -0.15) is 0 Å². The lowest BCUT2D eigenvalue weighted by Crippen LogP contribution is -2.19. The Labute approximate surface area is 126 Å². The number of carboxylic acids is 1. The molecule has 0 saturated carbocycles. The predicted octanol–water partition coefficient (Wildman–Crippen LogP) is 3.36. The number of carbonyl (C=O) groups excluding carboxylic acids is 1. The first-order valence-electron chi connectivity index (χ1n) is 7.37. The van der Waals surface area contributed by atoms with Crippen LogP contribution in [-0.2, 0) is 4.79 Å². The van der Waals surface area contributed by atoms with E-state index in [1.54, 1.807) is 12.1 Å². The van der Waals surface area contributed by atoms with Crippen molar-refractivity contribution < 1.29 is 14.7 Å². The highest BCUT2D eigenvalue weighted by Crippen LogP contribution is 2.23. The van der Waals surface area contributed by atoms with Gasteiger partial charge in [0.1, 0.15) is 0 Å². The van der Waals surface area contributed by atoms with Gasteiger partial charge in [0.2, 0.25) is 5.91 Å². The highest BCUT2D eigenvalue weighted by Gasteiger charge is 2.14. The summed E-state index contributed by atoms with van der Waals surface area (Å²) in [4.78, 5) is 25.0. The number of carboxylic acid groups (broad SMARTS) is 1. The minimum absolute atomic E-state index is 0.125. The normalized spacial score (nSPS) is 10.2. The summed E-state index contributed by atoms with van der Waals surface area (Å²) in [5, 5.41) is 12.0. The number of amides is 1. The predicted molar refractivity (Wildman–Crippen MR) is 85.1 cm³/mol. The highest BCUT2D eigenvalue weighted by atomic mass is 16.4. The van der Waals surface area contributed by atoms with Crippen LogP contribution in [0.4, 0.5) is 11.4 Å². The van der Waals surface area contributed by atoms with Gasteiger partial charge in [-0.1, -0.05) is 20.3 Å². The second-order valence-corrected chi connectivity index (χ2v) is 5.11. The largest absolute Gasteiger partial charge is 0.478 e. The lowest BCUT2D eigenvalue weighted by Gasteiger charge is -2.20. The smallest absolute Gasteiger partial charge is 0.337 e. The van der Waals surface area contributed by atoms with Crippen LogP contribution in [-0.4, -0.2) is 30.6 Å². The number of carbonyl (C=O) groups is 2. The zero-order valence-corrected chi connectivity index (χ0v) is 13.0. The van der Waals surface area contributed by atoms with Crippen molar-refractivity contribution in [3.05, 3.63) is 23.8 Å². The van der Waals surface area contributed by atoms with Gasteiger partial charge >= 0.3 is 5.97 Å². The summed E-state index contributed by atoms with van der Waals surface area (Å²) in [6, 6.07) is 5.11. The summed E-state index contributed by atoms with van der Waals surface area (Å²) in [6.07, 6.45) is 3.25. The van der Waals surface area contributed by atoms with Gasteiger partial charge in [0.05, 0.1) is 11.3 Å². The summed E-state index contributed by atoms with van der Waals surface area (Å²) < 4.78 is 0. The number of rotatable bonds is 8. The standard InChI is InChI=1S/C16H24N2O3/c1-4-6-10-18(3)12-8-9-14(13(11-12)16(20)21)17-15(19)7-5-2/h8-9,11H,4-7,10H2,1-3H3,(H,17,19)(H,20,21). The number of benzene rings is 1.